The Morgan fingerprint density at radius 2 is 0.625 bits per heavy atom. The number of ether oxygens (including phenoxy) is 1. The molecule has 0 amide bonds. The second-order valence-electron chi connectivity index (χ2n) is 13.5. The normalized spacial score (nSPS) is 11.7. The third-order valence-electron chi connectivity index (χ3n) is 9.86. The Hall–Kier alpha value is -7.70. The molecule has 264 valence electrons. The van der Waals surface area contributed by atoms with Gasteiger partial charge in [-0.3, -0.25) is 0 Å². The molecule has 3 heterocycles. The van der Waals surface area contributed by atoms with E-state index >= 15 is 0 Å². The molecule has 0 atom stereocenters. The minimum absolute atomic E-state index is 0.589. The predicted octanol–water partition coefficient (Wildman–Crippen LogP) is 12.8. The summed E-state index contributed by atoms with van der Waals surface area (Å²) in [5, 5.41) is 0. The standard InChI is InChI=1S/C50H33N5O/c1-5-17-34(18-6-1)41-32-42(35-19-7-2-8-20-35)52-49(51-41)38-29-39(31-40(30-38)55-45-25-13-15-27-47(45)56-48-28-16-14-26-46(48)55)50-53-43(36-21-9-3-10-22-36)33-44(54-50)37-23-11-4-12-24-37/h1-33H. The van der Waals surface area contributed by atoms with E-state index in [4.69, 9.17) is 24.7 Å². The van der Waals surface area contributed by atoms with Crippen LogP contribution in [0.5, 0.6) is 11.5 Å². The lowest BCUT2D eigenvalue weighted by atomic mass is 10.0. The molecule has 0 N–H and O–H groups in total. The first-order valence-corrected chi connectivity index (χ1v) is 18.6. The van der Waals surface area contributed by atoms with Crippen LogP contribution in [0.2, 0.25) is 0 Å². The molecule has 10 rings (SSSR count). The van der Waals surface area contributed by atoms with Crippen molar-refractivity contribution in [1.29, 1.82) is 0 Å². The van der Waals surface area contributed by atoms with Gasteiger partial charge in [0.2, 0.25) is 0 Å². The van der Waals surface area contributed by atoms with Gasteiger partial charge in [0.05, 0.1) is 34.2 Å². The predicted molar refractivity (Wildman–Crippen MR) is 225 cm³/mol. The third-order valence-corrected chi connectivity index (χ3v) is 9.86. The van der Waals surface area contributed by atoms with E-state index in [0.717, 1.165) is 84.7 Å². The molecule has 0 spiro atoms. The van der Waals surface area contributed by atoms with Crippen molar-refractivity contribution in [3.63, 3.8) is 0 Å². The Balaban J connectivity index is 1.25. The molecule has 9 aromatic rings. The number of hydrogen-bond donors (Lipinski definition) is 0. The van der Waals surface area contributed by atoms with E-state index in [9.17, 15) is 0 Å². The van der Waals surface area contributed by atoms with Gasteiger partial charge in [0, 0.05) is 39.1 Å². The van der Waals surface area contributed by atoms with Crippen molar-refractivity contribution >= 4 is 17.1 Å². The molecule has 6 heteroatoms. The van der Waals surface area contributed by atoms with Gasteiger partial charge in [-0.05, 0) is 54.6 Å². The molecule has 56 heavy (non-hydrogen) atoms. The lowest BCUT2D eigenvalue weighted by molar-refractivity contribution is 0.477. The Bertz CT molecular complexity index is 2520. The second kappa shape index (κ2) is 14.3. The Morgan fingerprint density at radius 1 is 0.304 bits per heavy atom. The van der Waals surface area contributed by atoms with Gasteiger partial charge in [0.25, 0.3) is 0 Å². The fourth-order valence-electron chi connectivity index (χ4n) is 7.16. The van der Waals surface area contributed by atoms with Crippen molar-refractivity contribution in [3.8, 4) is 79.3 Å². The molecular formula is C50H33N5O. The van der Waals surface area contributed by atoms with E-state index in [1.807, 2.05) is 109 Å². The van der Waals surface area contributed by atoms with Crippen molar-refractivity contribution < 1.29 is 4.74 Å². The Morgan fingerprint density at radius 3 is 0.982 bits per heavy atom. The summed E-state index contributed by atoms with van der Waals surface area (Å²) < 4.78 is 6.43. The van der Waals surface area contributed by atoms with Crippen LogP contribution in [-0.2, 0) is 0 Å². The van der Waals surface area contributed by atoms with E-state index in [1.54, 1.807) is 0 Å². The first-order valence-electron chi connectivity index (χ1n) is 18.6. The highest BCUT2D eigenvalue weighted by molar-refractivity contribution is 5.89. The number of rotatable bonds is 7. The van der Waals surface area contributed by atoms with Crippen molar-refractivity contribution in [3.05, 3.63) is 200 Å². The number of para-hydroxylation sites is 4. The molecule has 0 radical (unpaired) electrons. The number of benzene rings is 7. The van der Waals surface area contributed by atoms with Crippen LogP contribution in [0.4, 0.5) is 17.1 Å². The second-order valence-corrected chi connectivity index (χ2v) is 13.5. The van der Waals surface area contributed by atoms with Crippen LogP contribution in [0.3, 0.4) is 0 Å². The van der Waals surface area contributed by atoms with E-state index in [-0.39, 0.29) is 0 Å². The molecule has 0 unspecified atom stereocenters. The number of hydrogen-bond acceptors (Lipinski definition) is 6. The van der Waals surface area contributed by atoms with Crippen LogP contribution >= 0.6 is 0 Å². The Labute approximate surface area is 325 Å². The summed E-state index contributed by atoms with van der Waals surface area (Å²) in [6.45, 7) is 0. The molecule has 1 aliphatic heterocycles. The summed E-state index contributed by atoms with van der Waals surface area (Å²) >= 11 is 0. The lowest BCUT2D eigenvalue weighted by Gasteiger charge is -2.33. The van der Waals surface area contributed by atoms with Crippen LogP contribution in [0.25, 0.3) is 67.8 Å². The van der Waals surface area contributed by atoms with Crippen molar-refractivity contribution in [2.24, 2.45) is 0 Å². The van der Waals surface area contributed by atoms with Crippen LogP contribution in [0.1, 0.15) is 0 Å². The van der Waals surface area contributed by atoms with Gasteiger partial charge in [0.15, 0.2) is 23.1 Å². The fraction of sp³-hybridized carbons (Fsp3) is 0. The monoisotopic (exact) mass is 719 g/mol. The fourth-order valence-corrected chi connectivity index (χ4v) is 7.16. The molecular weight excluding hydrogens is 687 g/mol. The van der Waals surface area contributed by atoms with Crippen molar-refractivity contribution in [2.75, 3.05) is 4.90 Å². The first-order chi connectivity index (χ1) is 27.7. The summed E-state index contributed by atoms with van der Waals surface area (Å²) in [6, 6.07) is 67.8. The molecule has 6 nitrogen and oxygen atoms in total. The maximum atomic E-state index is 6.43. The summed E-state index contributed by atoms with van der Waals surface area (Å²) in [4.78, 5) is 23.2. The molecule has 0 fully saturated rings. The topological polar surface area (TPSA) is 64.0 Å². The minimum atomic E-state index is 0.589. The molecule has 2 aromatic heterocycles. The van der Waals surface area contributed by atoms with Crippen molar-refractivity contribution in [2.45, 2.75) is 0 Å². The summed E-state index contributed by atoms with van der Waals surface area (Å²) in [7, 11) is 0. The zero-order valence-electron chi connectivity index (χ0n) is 30.2. The molecule has 0 bridgehead atoms. The quantitative estimate of drug-likeness (QED) is 0.163. The average Bonchev–Trinajstić information content (AvgIpc) is 3.29. The lowest BCUT2D eigenvalue weighted by Crippen LogP contribution is -2.16. The molecule has 7 aromatic carbocycles. The zero-order chi connectivity index (χ0) is 37.3. The zero-order valence-corrected chi connectivity index (χ0v) is 30.2. The van der Waals surface area contributed by atoms with E-state index in [1.165, 1.54) is 0 Å². The van der Waals surface area contributed by atoms with Crippen LogP contribution in [0.15, 0.2) is 200 Å². The van der Waals surface area contributed by atoms with Crippen molar-refractivity contribution in [1.82, 2.24) is 19.9 Å². The summed E-state index contributed by atoms with van der Waals surface area (Å²) in [6.07, 6.45) is 0. The number of fused-ring (bicyclic) bond motifs is 2. The Kier molecular flexibility index (Phi) is 8.39. The number of nitrogens with zero attached hydrogens (tertiary/aromatic N) is 5. The van der Waals surface area contributed by atoms with E-state index in [2.05, 4.69) is 95.9 Å². The van der Waals surface area contributed by atoms with Crippen LogP contribution in [0, 0.1) is 0 Å². The largest absolute Gasteiger partial charge is 0.453 e. The smallest absolute Gasteiger partial charge is 0.160 e. The highest BCUT2D eigenvalue weighted by atomic mass is 16.5. The third kappa shape index (κ3) is 6.35. The maximum absolute atomic E-state index is 6.43. The van der Waals surface area contributed by atoms with Gasteiger partial charge in [-0.2, -0.15) is 0 Å². The van der Waals surface area contributed by atoms with E-state index < -0.39 is 0 Å². The molecule has 0 saturated carbocycles. The van der Waals surface area contributed by atoms with Gasteiger partial charge in [-0.25, -0.2) is 19.9 Å². The minimum Gasteiger partial charge on any atom is -0.453 e. The summed E-state index contributed by atoms with van der Waals surface area (Å²) in [5.41, 5.74) is 11.7. The van der Waals surface area contributed by atoms with Crippen LogP contribution < -0.4 is 9.64 Å². The maximum Gasteiger partial charge on any atom is 0.160 e. The van der Waals surface area contributed by atoms with Gasteiger partial charge in [-0.1, -0.05) is 146 Å². The number of aromatic nitrogens is 4. The van der Waals surface area contributed by atoms with Gasteiger partial charge in [0.1, 0.15) is 0 Å². The highest BCUT2D eigenvalue weighted by Crippen LogP contribution is 2.51. The molecule has 0 aliphatic carbocycles. The van der Waals surface area contributed by atoms with E-state index in [0.29, 0.717) is 11.6 Å². The molecule has 1 aliphatic rings. The average molecular weight is 720 g/mol. The van der Waals surface area contributed by atoms with Crippen LogP contribution in [-0.4, -0.2) is 19.9 Å². The first kappa shape index (κ1) is 32.9. The highest BCUT2D eigenvalue weighted by Gasteiger charge is 2.27. The van der Waals surface area contributed by atoms with Gasteiger partial charge in [-0.15, -0.1) is 0 Å². The SMILES string of the molecule is c1ccc(-c2cc(-c3ccccc3)nc(-c3cc(-c4nc(-c5ccccc5)cc(-c5ccccc5)n4)cc(N4c5ccccc5Oc5ccccc54)c3)n2)cc1. The number of anilines is 3. The summed E-state index contributed by atoms with van der Waals surface area (Å²) in [5.74, 6) is 2.71. The van der Waals surface area contributed by atoms with Gasteiger partial charge >= 0.3 is 0 Å². The van der Waals surface area contributed by atoms with Gasteiger partial charge < -0.3 is 9.64 Å². The molecule has 0 saturated heterocycles.